The molecule has 0 saturated heterocycles. The number of halogens is 1. The molecule has 3 nitrogen and oxygen atoms in total. The lowest BCUT2D eigenvalue weighted by Crippen LogP contribution is -1.92. The fraction of sp³-hybridized carbons (Fsp3) is 0.0667. The van der Waals surface area contributed by atoms with Crippen molar-refractivity contribution in [1.29, 1.82) is 5.26 Å². The normalized spacial score (nSPS) is 9.95. The fourth-order valence-electron chi connectivity index (χ4n) is 1.79. The molecule has 94 valence electrons. The van der Waals surface area contributed by atoms with Gasteiger partial charge in [-0.15, -0.1) is 0 Å². The summed E-state index contributed by atoms with van der Waals surface area (Å²) in [7, 11) is 0. The minimum atomic E-state index is -0.0594. The molecule has 0 spiro atoms. The van der Waals surface area contributed by atoms with Gasteiger partial charge in [0.15, 0.2) is 5.78 Å². The molecule has 0 saturated carbocycles. The van der Waals surface area contributed by atoms with Crippen molar-refractivity contribution in [3.05, 3.63) is 52.5 Å². The van der Waals surface area contributed by atoms with Gasteiger partial charge in [0.2, 0.25) is 0 Å². The van der Waals surface area contributed by atoms with Crippen molar-refractivity contribution in [3.63, 3.8) is 0 Å². The van der Waals surface area contributed by atoms with Crippen molar-refractivity contribution >= 4 is 17.4 Å². The molecule has 0 heterocycles. The van der Waals surface area contributed by atoms with Crippen LogP contribution >= 0.6 is 11.6 Å². The number of ketones is 1. The molecular formula is C15H10ClNO2. The van der Waals surface area contributed by atoms with Crippen LogP contribution < -0.4 is 0 Å². The van der Waals surface area contributed by atoms with Crippen LogP contribution in [-0.4, -0.2) is 10.9 Å². The van der Waals surface area contributed by atoms with Gasteiger partial charge in [0.05, 0.1) is 10.6 Å². The molecule has 1 N–H and O–H groups in total. The first-order chi connectivity index (χ1) is 9.02. The van der Waals surface area contributed by atoms with Crippen LogP contribution in [0.15, 0.2) is 36.4 Å². The van der Waals surface area contributed by atoms with E-state index < -0.39 is 0 Å². The van der Waals surface area contributed by atoms with Crippen LogP contribution in [-0.2, 0) is 0 Å². The minimum absolute atomic E-state index is 0.0234. The molecule has 0 fully saturated rings. The zero-order chi connectivity index (χ0) is 14.0. The zero-order valence-corrected chi connectivity index (χ0v) is 10.9. The van der Waals surface area contributed by atoms with Crippen LogP contribution in [0.3, 0.4) is 0 Å². The summed E-state index contributed by atoms with van der Waals surface area (Å²) in [5.74, 6) is -0.0829. The van der Waals surface area contributed by atoms with Crippen LogP contribution in [0.5, 0.6) is 5.75 Å². The third kappa shape index (κ3) is 2.59. The highest BCUT2D eigenvalue weighted by Crippen LogP contribution is 2.34. The lowest BCUT2D eigenvalue weighted by molar-refractivity contribution is 0.101. The number of hydrogen-bond donors (Lipinski definition) is 1. The van der Waals surface area contributed by atoms with E-state index in [2.05, 4.69) is 0 Å². The molecule has 2 rings (SSSR count). The van der Waals surface area contributed by atoms with E-state index in [-0.39, 0.29) is 22.1 Å². The third-order valence-electron chi connectivity index (χ3n) is 2.79. The highest BCUT2D eigenvalue weighted by Gasteiger charge is 2.11. The van der Waals surface area contributed by atoms with E-state index in [1.807, 2.05) is 6.07 Å². The number of aromatic hydroxyl groups is 1. The molecule has 4 heteroatoms. The second-order valence-electron chi connectivity index (χ2n) is 4.10. The van der Waals surface area contributed by atoms with Crippen LogP contribution in [0.2, 0.25) is 5.02 Å². The number of phenols is 1. The SMILES string of the molecule is CC(=O)c1cccc(-c2cc(C#N)c(Cl)cc2O)c1. The summed E-state index contributed by atoms with van der Waals surface area (Å²) in [4.78, 5) is 11.4. The number of carbonyl (C=O) groups is 1. The van der Waals surface area contributed by atoms with Gasteiger partial charge in [0.1, 0.15) is 11.8 Å². The number of nitriles is 1. The highest BCUT2D eigenvalue weighted by molar-refractivity contribution is 6.32. The summed E-state index contributed by atoms with van der Waals surface area (Å²) in [6.07, 6.45) is 0. The number of hydrogen-bond acceptors (Lipinski definition) is 3. The Balaban J connectivity index is 2.62. The van der Waals surface area contributed by atoms with Gasteiger partial charge in [-0.1, -0.05) is 29.8 Å². The van der Waals surface area contributed by atoms with Crippen molar-refractivity contribution in [2.24, 2.45) is 0 Å². The van der Waals surface area contributed by atoms with E-state index in [1.54, 1.807) is 24.3 Å². The predicted molar refractivity (Wildman–Crippen MR) is 73.3 cm³/mol. The summed E-state index contributed by atoms with van der Waals surface area (Å²) < 4.78 is 0. The molecule has 0 aliphatic rings. The molecule has 0 aliphatic heterocycles. The van der Waals surface area contributed by atoms with Crippen LogP contribution in [0.1, 0.15) is 22.8 Å². The number of phenolic OH excluding ortho intramolecular Hbond substituents is 1. The summed E-state index contributed by atoms with van der Waals surface area (Å²) in [5.41, 5.74) is 1.97. The molecular weight excluding hydrogens is 262 g/mol. The van der Waals surface area contributed by atoms with E-state index in [9.17, 15) is 9.90 Å². The van der Waals surface area contributed by atoms with Gasteiger partial charge in [-0.3, -0.25) is 4.79 Å². The largest absolute Gasteiger partial charge is 0.507 e. The van der Waals surface area contributed by atoms with E-state index in [1.165, 1.54) is 19.1 Å². The summed E-state index contributed by atoms with van der Waals surface area (Å²) in [6.45, 7) is 1.47. The molecule has 0 atom stereocenters. The average molecular weight is 272 g/mol. The molecule has 0 unspecified atom stereocenters. The number of Topliss-reactive ketones (excluding diaryl/α,β-unsaturated/α-hetero) is 1. The topological polar surface area (TPSA) is 61.1 Å². The summed E-state index contributed by atoms with van der Waals surface area (Å²) >= 11 is 5.83. The molecule has 0 radical (unpaired) electrons. The van der Waals surface area contributed by atoms with Gasteiger partial charge >= 0.3 is 0 Å². The Kier molecular flexibility index (Phi) is 3.55. The number of benzene rings is 2. The van der Waals surface area contributed by atoms with Gasteiger partial charge in [0, 0.05) is 17.2 Å². The maximum Gasteiger partial charge on any atom is 0.159 e. The Bertz CT molecular complexity index is 702. The van der Waals surface area contributed by atoms with Crippen LogP contribution in [0.25, 0.3) is 11.1 Å². The first-order valence-corrected chi connectivity index (χ1v) is 5.94. The van der Waals surface area contributed by atoms with Crippen molar-refractivity contribution in [2.75, 3.05) is 0 Å². The standard InChI is InChI=1S/C15H10ClNO2/c1-9(18)10-3-2-4-11(5-10)13-6-12(8-17)14(16)7-15(13)19/h2-7,19H,1H3. The molecule has 0 bridgehead atoms. The van der Waals surface area contributed by atoms with Crippen LogP contribution in [0, 0.1) is 11.3 Å². The molecule has 0 aromatic heterocycles. The lowest BCUT2D eigenvalue weighted by Gasteiger charge is -2.08. The summed E-state index contributed by atoms with van der Waals surface area (Å²) in [5, 5.41) is 19.1. The Morgan fingerprint density at radius 2 is 2.05 bits per heavy atom. The van der Waals surface area contributed by atoms with Gasteiger partial charge in [-0.25, -0.2) is 0 Å². The molecule has 0 aliphatic carbocycles. The Morgan fingerprint density at radius 3 is 2.68 bits per heavy atom. The first kappa shape index (κ1) is 13.1. The predicted octanol–water partition coefficient (Wildman–Crippen LogP) is 3.79. The van der Waals surface area contributed by atoms with E-state index in [0.717, 1.165) is 0 Å². The summed E-state index contributed by atoms with van der Waals surface area (Å²) in [6, 6.07) is 11.7. The fourth-order valence-corrected chi connectivity index (χ4v) is 1.99. The van der Waals surface area contributed by atoms with Crippen molar-refractivity contribution < 1.29 is 9.90 Å². The number of nitrogens with zero attached hydrogens (tertiary/aromatic N) is 1. The molecule has 2 aromatic carbocycles. The quantitative estimate of drug-likeness (QED) is 0.846. The number of rotatable bonds is 2. The van der Waals surface area contributed by atoms with Gasteiger partial charge in [-0.2, -0.15) is 5.26 Å². The zero-order valence-electron chi connectivity index (χ0n) is 10.1. The van der Waals surface area contributed by atoms with E-state index in [0.29, 0.717) is 16.7 Å². The molecule has 19 heavy (non-hydrogen) atoms. The van der Waals surface area contributed by atoms with E-state index >= 15 is 0 Å². The highest BCUT2D eigenvalue weighted by atomic mass is 35.5. The number of carbonyl (C=O) groups excluding carboxylic acids is 1. The van der Waals surface area contributed by atoms with Crippen molar-refractivity contribution in [2.45, 2.75) is 6.92 Å². The Hall–Kier alpha value is -2.31. The van der Waals surface area contributed by atoms with Crippen LogP contribution in [0.4, 0.5) is 0 Å². The monoisotopic (exact) mass is 271 g/mol. The average Bonchev–Trinajstić information content (AvgIpc) is 2.39. The maximum absolute atomic E-state index is 11.4. The second kappa shape index (κ2) is 5.13. The molecule has 2 aromatic rings. The third-order valence-corrected chi connectivity index (χ3v) is 3.10. The van der Waals surface area contributed by atoms with Crippen molar-refractivity contribution in [3.8, 4) is 22.9 Å². The Labute approximate surface area is 115 Å². The van der Waals surface area contributed by atoms with Gasteiger partial charge in [0.25, 0.3) is 0 Å². The minimum Gasteiger partial charge on any atom is -0.507 e. The molecule has 0 amide bonds. The lowest BCUT2D eigenvalue weighted by atomic mass is 9.99. The van der Waals surface area contributed by atoms with Crippen molar-refractivity contribution in [1.82, 2.24) is 0 Å². The maximum atomic E-state index is 11.4. The second-order valence-corrected chi connectivity index (χ2v) is 4.51. The Morgan fingerprint density at radius 1 is 1.32 bits per heavy atom. The smallest absolute Gasteiger partial charge is 0.159 e. The van der Waals surface area contributed by atoms with Gasteiger partial charge in [-0.05, 0) is 24.6 Å². The first-order valence-electron chi connectivity index (χ1n) is 5.57. The van der Waals surface area contributed by atoms with Gasteiger partial charge < -0.3 is 5.11 Å². The van der Waals surface area contributed by atoms with E-state index in [4.69, 9.17) is 16.9 Å².